The quantitative estimate of drug-likeness (QED) is 0.779. The minimum atomic E-state index is -0.639. The summed E-state index contributed by atoms with van der Waals surface area (Å²) in [6.07, 6.45) is 2.49. The van der Waals surface area contributed by atoms with Crippen molar-refractivity contribution in [3.63, 3.8) is 0 Å². The summed E-state index contributed by atoms with van der Waals surface area (Å²) < 4.78 is 0. The first-order valence-electron chi connectivity index (χ1n) is 7.08. The molecule has 1 heterocycles. The molecule has 1 rings (SSSR count). The number of likely N-dealkylation sites (tertiary alicyclic amines) is 1. The average Bonchev–Trinajstić information content (AvgIpc) is 2.23. The summed E-state index contributed by atoms with van der Waals surface area (Å²) in [6.45, 7) is 12.3. The van der Waals surface area contributed by atoms with Crippen LogP contribution >= 0.6 is 0 Å². The Bertz CT molecular complexity index is 293. The number of nitrogens with one attached hydrogen (secondary N) is 1. The number of carbonyl (C=O) groups excluding carboxylic acids is 1. The standard InChI is InChI=1S/C14H29N3O/c1-10(2)16-14(5,13(15)18)9-17-8-6-7-11(3)12(17)4/h10-12,16H,6-9H2,1-5H3,(H2,15,18). The number of primary amides is 1. The summed E-state index contributed by atoms with van der Waals surface area (Å²) in [6, 6.07) is 0.770. The molecule has 0 aromatic carbocycles. The van der Waals surface area contributed by atoms with Crippen molar-refractivity contribution >= 4 is 5.91 Å². The third kappa shape index (κ3) is 3.69. The Morgan fingerprint density at radius 3 is 2.61 bits per heavy atom. The van der Waals surface area contributed by atoms with Gasteiger partial charge >= 0.3 is 0 Å². The number of hydrogen-bond donors (Lipinski definition) is 2. The number of hydrogen-bond acceptors (Lipinski definition) is 3. The van der Waals surface area contributed by atoms with Crippen molar-refractivity contribution in [1.29, 1.82) is 0 Å². The van der Waals surface area contributed by atoms with Gasteiger partial charge in [0.1, 0.15) is 5.54 Å². The zero-order valence-electron chi connectivity index (χ0n) is 12.5. The molecule has 1 aliphatic heterocycles. The Morgan fingerprint density at radius 2 is 2.11 bits per heavy atom. The van der Waals surface area contributed by atoms with Gasteiger partial charge in [0.15, 0.2) is 0 Å². The summed E-state index contributed by atoms with van der Waals surface area (Å²) in [5, 5.41) is 3.32. The molecule has 0 aromatic heterocycles. The van der Waals surface area contributed by atoms with E-state index in [1.54, 1.807) is 0 Å². The lowest BCUT2D eigenvalue weighted by molar-refractivity contribution is -0.125. The Morgan fingerprint density at radius 1 is 1.50 bits per heavy atom. The smallest absolute Gasteiger partial charge is 0.238 e. The highest BCUT2D eigenvalue weighted by atomic mass is 16.1. The van der Waals surface area contributed by atoms with Crippen molar-refractivity contribution in [1.82, 2.24) is 10.2 Å². The van der Waals surface area contributed by atoms with Crippen LogP contribution in [0.1, 0.15) is 47.5 Å². The van der Waals surface area contributed by atoms with Crippen LogP contribution in [-0.2, 0) is 4.79 Å². The number of nitrogens with two attached hydrogens (primary N) is 1. The van der Waals surface area contributed by atoms with Crippen molar-refractivity contribution in [2.45, 2.75) is 65.1 Å². The molecule has 0 spiro atoms. The highest BCUT2D eigenvalue weighted by Crippen LogP contribution is 2.24. The van der Waals surface area contributed by atoms with Crippen LogP contribution in [0.3, 0.4) is 0 Å². The van der Waals surface area contributed by atoms with E-state index in [-0.39, 0.29) is 11.9 Å². The zero-order chi connectivity index (χ0) is 13.9. The van der Waals surface area contributed by atoms with E-state index in [4.69, 9.17) is 5.73 Å². The van der Waals surface area contributed by atoms with Gasteiger partial charge in [-0.15, -0.1) is 0 Å². The second-order valence-corrected chi connectivity index (χ2v) is 6.33. The van der Waals surface area contributed by atoms with E-state index in [0.29, 0.717) is 18.5 Å². The highest BCUT2D eigenvalue weighted by molar-refractivity contribution is 5.84. The first kappa shape index (κ1) is 15.4. The van der Waals surface area contributed by atoms with Crippen LogP contribution in [-0.4, -0.2) is 41.5 Å². The van der Waals surface area contributed by atoms with Gasteiger partial charge in [0.2, 0.25) is 5.91 Å². The molecular formula is C14H29N3O. The van der Waals surface area contributed by atoms with E-state index >= 15 is 0 Å². The Hall–Kier alpha value is -0.610. The van der Waals surface area contributed by atoms with Crippen molar-refractivity contribution < 1.29 is 4.79 Å². The molecule has 1 amide bonds. The molecule has 0 bridgehead atoms. The Kier molecular flexibility index (Phi) is 5.17. The number of piperidine rings is 1. The van der Waals surface area contributed by atoms with Gasteiger partial charge in [0, 0.05) is 18.6 Å². The lowest BCUT2D eigenvalue weighted by Gasteiger charge is -2.43. The zero-order valence-corrected chi connectivity index (χ0v) is 12.5. The van der Waals surface area contributed by atoms with E-state index in [0.717, 1.165) is 6.54 Å². The van der Waals surface area contributed by atoms with E-state index in [1.165, 1.54) is 12.8 Å². The van der Waals surface area contributed by atoms with Gasteiger partial charge in [-0.2, -0.15) is 0 Å². The van der Waals surface area contributed by atoms with Gasteiger partial charge in [0.25, 0.3) is 0 Å². The summed E-state index contributed by atoms with van der Waals surface area (Å²) >= 11 is 0. The van der Waals surface area contributed by atoms with Crippen LogP contribution < -0.4 is 11.1 Å². The molecule has 3 unspecified atom stereocenters. The van der Waals surface area contributed by atoms with Crippen molar-refractivity contribution in [2.24, 2.45) is 11.7 Å². The van der Waals surface area contributed by atoms with Crippen LogP contribution in [0.5, 0.6) is 0 Å². The van der Waals surface area contributed by atoms with Gasteiger partial charge in [-0.25, -0.2) is 0 Å². The van der Waals surface area contributed by atoms with Gasteiger partial charge < -0.3 is 11.1 Å². The SMILES string of the molecule is CC(C)NC(C)(CN1CCCC(C)C1C)C(N)=O. The topological polar surface area (TPSA) is 58.4 Å². The van der Waals surface area contributed by atoms with Gasteiger partial charge in [-0.1, -0.05) is 6.92 Å². The van der Waals surface area contributed by atoms with Gasteiger partial charge in [-0.05, 0) is 53.0 Å². The molecule has 1 fully saturated rings. The Balaban J connectivity index is 2.74. The van der Waals surface area contributed by atoms with Crippen LogP contribution in [0.15, 0.2) is 0 Å². The molecule has 3 N–H and O–H groups in total. The fraction of sp³-hybridized carbons (Fsp3) is 0.929. The molecule has 0 radical (unpaired) electrons. The minimum absolute atomic E-state index is 0.250. The summed E-state index contributed by atoms with van der Waals surface area (Å²) in [5.41, 5.74) is 4.95. The number of amides is 1. The largest absolute Gasteiger partial charge is 0.368 e. The lowest BCUT2D eigenvalue weighted by Crippen LogP contribution is -2.63. The molecule has 106 valence electrons. The normalized spacial score (nSPS) is 29.2. The van der Waals surface area contributed by atoms with Crippen molar-refractivity contribution in [3.8, 4) is 0 Å². The van der Waals surface area contributed by atoms with Crippen LogP contribution in [0.4, 0.5) is 0 Å². The van der Waals surface area contributed by atoms with Crippen LogP contribution in [0.2, 0.25) is 0 Å². The maximum absolute atomic E-state index is 11.8. The molecule has 0 aliphatic carbocycles. The average molecular weight is 255 g/mol. The van der Waals surface area contributed by atoms with E-state index in [9.17, 15) is 4.79 Å². The fourth-order valence-corrected chi connectivity index (χ4v) is 2.88. The minimum Gasteiger partial charge on any atom is -0.368 e. The second kappa shape index (κ2) is 6.02. The molecule has 1 aliphatic rings. The predicted octanol–water partition coefficient (Wildman–Crippen LogP) is 1.35. The third-order valence-electron chi connectivity index (χ3n) is 4.17. The first-order valence-corrected chi connectivity index (χ1v) is 7.08. The molecule has 4 heteroatoms. The summed E-state index contributed by atoms with van der Waals surface area (Å²) in [5.74, 6) is 0.427. The number of rotatable bonds is 5. The summed E-state index contributed by atoms with van der Waals surface area (Å²) in [7, 11) is 0. The molecule has 0 aromatic rings. The molecular weight excluding hydrogens is 226 g/mol. The van der Waals surface area contributed by atoms with Crippen molar-refractivity contribution in [3.05, 3.63) is 0 Å². The third-order valence-corrected chi connectivity index (χ3v) is 4.17. The summed E-state index contributed by atoms with van der Waals surface area (Å²) in [4.78, 5) is 14.1. The second-order valence-electron chi connectivity index (χ2n) is 6.33. The number of carbonyl (C=O) groups is 1. The monoisotopic (exact) mass is 255 g/mol. The predicted molar refractivity (Wildman–Crippen MR) is 75.3 cm³/mol. The van der Waals surface area contributed by atoms with E-state index in [2.05, 4.69) is 24.1 Å². The maximum atomic E-state index is 11.8. The lowest BCUT2D eigenvalue weighted by atomic mass is 9.89. The highest BCUT2D eigenvalue weighted by Gasteiger charge is 2.36. The van der Waals surface area contributed by atoms with Crippen LogP contribution in [0, 0.1) is 5.92 Å². The maximum Gasteiger partial charge on any atom is 0.238 e. The molecule has 3 atom stereocenters. The molecule has 18 heavy (non-hydrogen) atoms. The fourth-order valence-electron chi connectivity index (χ4n) is 2.88. The first-order chi connectivity index (χ1) is 8.26. The van der Waals surface area contributed by atoms with E-state index < -0.39 is 5.54 Å². The molecule has 0 saturated carbocycles. The Labute approximate surface area is 111 Å². The van der Waals surface area contributed by atoms with Gasteiger partial charge in [-0.3, -0.25) is 9.69 Å². The van der Waals surface area contributed by atoms with Crippen molar-refractivity contribution in [2.75, 3.05) is 13.1 Å². The molecule has 4 nitrogen and oxygen atoms in total. The van der Waals surface area contributed by atoms with Crippen LogP contribution in [0.25, 0.3) is 0 Å². The van der Waals surface area contributed by atoms with E-state index in [1.807, 2.05) is 20.8 Å². The van der Waals surface area contributed by atoms with Gasteiger partial charge in [0.05, 0.1) is 0 Å². The molecule has 1 saturated heterocycles. The number of nitrogens with zero attached hydrogens (tertiary/aromatic N) is 1.